The van der Waals surface area contributed by atoms with Crippen LogP contribution in [0.3, 0.4) is 0 Å². The van der Waals surface area contributed by atoms with Gasteiger partial charge in [-0.2, -0.15) is 4.98 Å². The van der Waals surface area contributed by atoms with Gasteiger partial charge in [0, 0.05) is 51.1 Å². The molecular weight excluding hydrogens is 362 g/mol. The Balaban J connectivity index is 1.45. The lowest BCUT2D eigenvalue weighted by Crippen LogP contribution is -2.49. The summed E-state index contributed by atoms with van der Waals surface area (Å²) in [4.78, 5) is 19.1. The Labute approximate surface area is 173 Å². The molecule has 2 saturated heterocycles. The highest BCUT2D eigenvalue weighted by atomic mass is 16.1. The van der Waals surface area contributed by atoms with Gasteiger partial charge in [-0.05, 0) is 30.7 Å². The lowest BCUT2D eigenvalue weighted by Gasteiger charge is -2.36. The van der Waals surface area contributed by atoms with Crippen molar-refractivity contribution < 1.29 is 4.48 Å². The van der Waals surface area contributed by atoms with Crippen LogP contribution in [0.1, 0.15) is 25.8 Å². The summed E-state index contributed by atoms with van der Waals surface area (Å²) < 4.78 is 2.80. The highest BCUT2D eigenvalue weighted by molar-refractivity contribution is 5.40. The molecule has 1 aromatic heterocycles. The largest absolute Gasteiger partial charge is 0.354 e. The number of likely N-dealkylation sites (tertiary alicyclic amines) is 1. The Kier molecular flexibility index (Phi) is 5.74. The molecule has 4 rings (SSSR count). The Morgan fingerprint density at radius 1 is 1.21 bits per heavy atom. The molecule has 6 nitrogen and oxygen atoms in total. The van der Waals surface area contributed by atoms with E-state index < -0.39 is 0 Å². The first kappa shape index (κ1) is 20.1. The van der Waals surface area contributed by atoms with Gasteiger partial charge in [0.15, 0.2) is 0 Å². The Morgan fingerprint density at radius 3 is 2.55 bits per heavy atom. The van der Waals surface area contributed by atoms with Crippen molar-refractivity contribution in [3.05, 3.63) is 52.6 Å². The highest BCUT2D eigenvalue weighted by Crippen LogP contribution is 2.27. The van der Waals surface area contributed by atoms with E-state index in [4.69, 9.17) is 0 Å². The van der Waals surface area contributed by atoms with Crippen LogP contribution in [0.5, 0.6) is 0 Å². The fraction of sp³-hybridized carbons (Fsp3) is 0.565. The molecule has 1 aromatic carbocycles. The molecule has 0 aliphatic carbocycles. The lowest BCUT2D eigenvalue weighted by atomic mass is 10.0. The maximum atomic E-state index is 12.6. The van der Waals surface area contributed by atoms with E-state index in [1.807, 2.05) is 24.4 Å². The molecule has 0 bridgehead atoms. The summed E-state index contributed by atoms with van der Waals surface area (Å²) in [6.07, 6.45) is 4.25. The number of rotatable bonds is 5. The predicted molar refractivity (Wildman–Crippen MR) is 118 cm³/mol. The summed E-state index contributed by atoms with van der Waals surface area (Å²) in [5.74, 6) is 1.60. The number of likely N-dealkylation sites (N-methyl/N-ethyl adjacent to an activating group) is 1. The van der Waals surface area contributed by atoms with Gasteiger partial charge in [-0.15, -0.1) is 0 Å². The van der Waals surface area contributed by atoms with Gasteiger partial charge in [0.25, 0.3) is 0 Å². The quantitative estimate of drug-likeness (QED) is 0.786. The molecule has 156 valence electrons. The van der Waals surface area contributed by atoms with E-state index in [-0.39, 0.29) is 5.69 Å². The molecular formula is C23H34N5O+. The van der Waals surface area contributed by atoms with Crippen molar-refractivity contribution in [2.75, 3.05) is 51.2 Å². The maximum absolute atomic E-state index is 12.6. The summed E-state index contributed by atoms with van der Waals surface area (Å²) in [6, 6.07) is 11.0. The highest BCUT2D eigenvalue weighted by Gasteiger charge is 2.36. The van der Waals surface area contributed by atoms with Crippen LogP contribution < -0.4 is 15.9 Å². The van der Waals surface area contributed by atoms with E-state index in [2.05, 4.69) is 48.2 Å². The van der Waals surface area contributed by atoms with Crippen LogP contribution in [0.15, 0.2) is 41.3 Å². The van der Waals surface area contributed by atoms with Gasteiger partial charge >= 0.3 is 5.69 Å². The number of nitrogens with one attached hydrogen (secondary N) is 1. The minimum Gasteiger partial charge on any atom is -0.354 e. The summed E-state index contributed by atoms with van der Waals surface area (Å²) in [6.45, 7) is 10.9. The van der Waals surface area contributed by atoms with E-state index in [1.165, 1.54) is 29.6 Å². The molecule has 3 atom stereocenters. The van der Waals surface area contributed by atoms with Crippen LogP contribution in [0.2, 0.25) is 0 Å². The van der Waals surface area contributed by atoms with E-state index in [0.29, 0.717) is 6.04 Å². The minimum atomic E-state index is -0.216. The van der Waals surface area contributed by atoms with E-state index in [1.54, 1.807) is 4.57 Å². The number of aromatic nitrogens is 2. The van der Waals surface area contributed by atoms with Gasteiger partial charge in [0.2, 0.25) is 0 Å². The Hall–Kier alpha value is -2.18. The number of quaternary nitrogens is 1. The molecule has 29 heavy (non-hydrogen) atoms. The van der Waals surface area contributed by atoms with Crippen molar-refractivity contribution in [2.45, 2.75) is 32.7 Å². The summed E-state index contributed by atoms with van der Waals surface area (Å²) in [5, 5.41) is 3.32. The average Bonchev–Trinajstić information content (AvgIpc) is 3.09. The number of hydrogen-bond donors (Lipinski definition) is 1. The van der Waals surface area contributed by atoms with E-state index in [9.17, 15) is 4.79 Å². The first-order chi connectivity index (χ1) is 13.9. The van der Waals surface area contributed by atoms with Crippen molar-refractivity contribution in [3.63, 3.8) is 0 Å². The monoisotopic (exact) mass is 396 g/mol. The molecule has 0 amide bonds. The zero-order chi connectivity index (χ0) is 20.4. The fourth-order valence-electron chi connectivity index (χ4n) is 4.83. The fourth-order valence-corrected chi connectivity index (χ4v) is 4.83. The smallest absolute Gasteiger partial charge is 0.354 e. The molecule has 6 heteroatoms. The van der Waals surface area contributed by atoms with Crippen LogP contribution in [0, 0.1) is 5.92 Å². The third kappa shape index (κ3) is 4.38. The molecule has 2 aliphatic rings. The molecule has 1 N–H and O–H groups in total. The summed E-state index contributed by atoms with van der Waals surface area (Å²) >= 11 is 0. The normalized spacial score (nSPS) is 25.9. The molecule has 0 saturated carbocycles. The topological polar surface area (TPSA) is 50.2 Å². The zero-order valence-electron chi connectivity index (χ0n) is 18.0. The Bertz CT molecular complexity index is 887. The lowest BCUT2D eigenvalue weighted by molar-refractivity contribution is -0.921. The van der Waals surface area contributed by atoms with Crippen LogP contribution in [-0.2, 0) is 6.42 Å². The molecule has 2 aromatic rings. The van der Waals surface area contributed by atoms with E-state index >= 15 is 0 Å². The number of benzene rings is 1. The van der Waals surface area contributed by atoms with Crippen molar-refractivity contribution in [2.24, 2.45) is 5.92 Å². The standard InChI is InChI=1S/C23H34N5O/c1-18-9-15-28(3,17-18)19(2)16-20-4-6-21(7-5-20)27-12-8-22(25-23(27)29)26-13-10-24-11-14-26/h4-8,12,18-19,24H,9-11,13-17H2,1-3H3/q+1. The summed E-state index contributed by atoms with van der Waals surface area (Å²) in [5.41, 5.74) is 1.99. The third-order valence-electron chi connectivity index (χ3n) is 6.90. The van der Waals surface area contributed by atoms with Crippen LogP contribution >= 0.6 is 0 Å². The van der Waals surface area contributed by atoms with Crippen molar-refractivity contribution in [3.8, 4) is 5.69 Å². The third-order valence-corrected chi connectivity index (χ3v) is 6.90. The summed E-state index contributed by atoms with van der Waals surface area (Å²) in [7, 11) is 2.40. The molecule has 3 unspecified atom stereocenters. The van der Waals surface area contributed by atoms with Gasteiger partial charge < -0.3 is 14.7 Å². The predicted octanol–water partition coefficient (Wildman–Crippen LogP) is 2.06. The van der Waals surface area contributed by atoms with Crippen molar-refractivity contribution in [1.29, 1.82) is 0 Å². The van der Waals surface area contributed by atoms with Gasteiger partial charge in [-0.1, -0.05) is 19.1 Å². The minimum absolute atomic E-state index is 0.216. The Morgan fingerprint density at radius 2 is 1.93 bits per heavy atom. The van der Waals surface area contributed by atoms with Gasteiger partial charge in [0.05, 0.1) is 31.9 Å². The zero-order valence-corrected chi connectivity index (χ0v) is 18.0. The first-order valence-electron chi connectivity index (χ1n) is 10.9. The van der Waals surface area contributed by atoms with Gasteiger partial charge in [-0.25, -0.2) is 4.79 Å². The van der Waals surface area contributed by atoms with Crippen molar-refractivity contribution >= 4 is 5.82 Å². The molecule has 2 aliphatic heterocycles. The van der Waals surface area contributed by atoms with Crippen LogP contribution in [0.25, 0.3) is 5.69 Å². The molecule has 3 heterocycles. The molecule has 0 spiro atoms. The second kappa shape index (κ2) is 8.28. The van der Waals surface area contributed by atoms with Crippen LogP contribution in [0.4, 0.5) is 5.82 Å². The van der Waals surface area contributed by atoms with Crippen LogP contribution in [-0.4, -0.2) is 66.4 Å². The SMILES string of the molecule is CC1CC[N+](C)(C(C)Cc2ccc(-n3ccc(N4CCNCC4)nc3=O)cc2)C1. The maximum Gasteiger partial charge on any atom is 0.354 e. The molecule has 0 radical (unpaired) electrons. The second-order valence-corrected chi connectivity index (χ2v) is 9.17. The number of anilines is 1. The van der Waals surface area contributed by atoms with E-state index in [0.717, 1.165) is 50.0 Å². The van der Waals surface area contributed by atoms with Crippen molar-refractivity contribution in [1.82, 2.24) is 14.9 Å². The number of nitrogens with zero attached hydrogens (tertiary/aromatic N) is 4. The second-order valence-electron chi connectivity index (χ2n) is 9.17. The average molecular weight is 397 g/mol. The number of hydrogen-bond acceptors (Lipinski definition) is 4. The number of piperazine rings is 1. The first-order valence-corrected chi connectivity index (χ1v) is 10.9. The van der Waals surface area contributed by atoms with Gasteiger partial charge in [0.1, 0.15) is 5.82 Å². The van der Waals surface area contributed by atoms with Gasteiger partial charge in [-0.3, -0.25) is 4.57 Å². The molecule has 2 fully saturated rings.